The minimum atomic E-state index is -0.891. The molecular formula is C28H50O13. The first kappa shape index (κ1) is 33.4. The van der Waals surface area contributed by atoms with Crippen LogP contribution >= 0.6 is 0 Å². The van der Waals surface area contributed by atoms with Crippen molar-refractivity contribution in [3.63, 3.8) is 0 Å². The van der Waals surface area contributed by atoms with Gasteiger partial charge in [0.2, 0.25) is 0 Å². The fourth-order valence-electron chi connectivity index (χ4n) is 6.33. The summed E-state index contributed by atoms with van der Waals surface area (Å²) in [5.74, 6) is 0. The Morgan fingerprint density at radius 2 is 0.805 bits per heavy atom. The van der Waals surface area contributed by atoms with Gasteiger partial charge in [0.25, 0.3) is 0 Å². The molecule has 0 amide bonds. The Morgan fingerprint density at radius 1 is 0.463 bits per heavy atom. The topological polar surface area (TPSA) is 142 Å². The summed E-state index contributed by atoms with van der Waals surface area (Å²) < 4.78 is 65.6. The zero-order chi connectivity index (χ0) is 29.8. The van der Waals surface area contributed by atoms with Gasteiger partial charge in [0.05, 0.1) is 48.8 Å². The largest absolute Gasteiger partial charge is 0.388 e. The lowest BCUT2D eigenvalue weighted by Crippen LogP contribution is -2.57. The number of hydrogen-bond donors (Lipinski definition) is 2. The van der Waals surface area contributed by atoms with Crippen LogP contribution in [0.2, 0.25) is 0 Å². The third-order valence-corrected chi connectivity index (χ3v) is 8.67. The minimum Gasteiger partial charge on any atom is -0.388 e. The maximum absolute atomic E-state index is 10.3. The van der Waals surface area contributed by atoms with Crippen LogP contribution in [0, 0.1) is 0 Å². The van der Waals surface area contributed by atoms with Crippen LogP contribution in [0.25, 0.3) is 0 Å². The average molecular weight is 595 g/mol. The lowest BCUT2D eigenvalue weighted by molar-refractivity contribution is -0.345. The molecule has 4 aliphatic rings. The second-order valence-electron chi connectivity index (χ2n) is 11.4. The summed E-state index contributed by atoms with van der Waals surface area (Å²) in [6, 6.07) is 0. The van der Waals surface area contributed by atoms with Crippen molar-refractivity contribution in [2.75, 3.05) is 28.4 Å². The van der Waals surface area contributed by atoms with E-state index in [0.717, 1.165) is 0 Å². The van der Waals surface area contributed by atoms with Gasteiger partial charge < -0.3 is 62.3 Å². The molecule has 0 aromatic heterocycles. The summed E-state index contributed by atoms with van der Waals surface area (Å²) in [5, 5.41) is 20.2. The van der Waals surface area contributed by atoms with Crippen LogP contribution in [-0.4, -0.2) is 137 Å². The fraction of sp³-hybridized carbons (Fsp3) is 1.00. The van der Waals surface area contributed by atoms with E-state index >= 15 is 0 Å². The molecule has 0 aliphatic carbocycles. The second kappa shape index (κ2) is 15.0. The van der Waals surface area contributed by atoms with Crippen LogP contribution in [0.3, 0.4) is 0 Å². The molecule has 13 nitrogen and oxygen atoms in total. The van der Waals surface area contributed by atoms with Gasteiger partial charge in [-0.05, 0) is 27.7 Å². The van der Waals surface area contributed by atoms with Crippen LogP contribution < -0.4 is 0 Å². The van der Waals surface area contributed by atoms with Crippen LogP contribution in [0.1, 0.15) is 53.4 Å². The van der Waals surface area contributed by atoms with Crippen molar-refractivity contribution in [1.29, 1.82) is 0 Å². The summed E-state index contributed by atoms with van der Waals surface area (Å²) >= 11 is 0. The molecule has 0 saturated carbocycles. The molecule has 0 aromatic rings. The zero-order valence-corrected chi connectivity index (χ0v) is 25.5. The van der Waals surface area contributed by atoms with Crippen LogP contribution in [0.4, 0.5) is 0 Å². The molecule has 4 rings (SSSR count). The number of aliphatic hydroxyl groups is 2. The molecule has 0 spiro atoms. The van der Waals surface area contributed by atoms with Crippen molar-refractivity contribution >= 4 is 0 Å². The maximum atomic E-state index is 10.3. The highest BCUT2D eigenvalue weighted by molar-refractivity contribution is 4.90. The summed E-state index contributed by atoms with van der Waals surface area (Å²) in [7, 11) is 6.43. The van der Waals surface area contributed by atoms with Gasteiger partial charge in [0, 0.05) is 54.1 Å². The monoisotopic (exact) mass is 594 g/mol. The molecule has 0 radical (unpaired) electrons. The molecule has 16 atom stereocenters. The minimum absolute atomic E-state index is 0.316. The summed E-state index contributed by atoms with van der Waals surface area (Å²) in [5.41, 5.74) is 0. The molecule has 1 unspecified atom stereocenters. The van der Waals surface area contributed by atoms with Gasteiger partial charge in [-0.15, -0.1) is 0 Å². The van der Waals surface area contributed by atoms with E-state index in [-0.39, 0.29) is 42.7 Å². The van der Waals surface area contributed by atoms with Crippen LogP contribution in [-0.2, 0) is 52.1 Å². The van der Waals surface area contributed by atoms with Gasteiger partial charge in [0.15, 0.2) is 25.2 Å². The first-order valence-corrected chi connectivity index (χ1v) is 14.6. The first-order valence-electron chi connectivity index (χ1n) is 14.6. The Morgan fingerprint density at radius 3 is 1.22 bits per heavy atom. The molecule has 13 heteroatoms. The van der Waals surface area contributed by atoms with E-state index in [1.54, 1.807) is 35.4 Å². The molecule has 41 heavy (non-hydrogen) atoms. The number of hydrogen-bond acceptors (Lipinski definition) is 13. The van der Waals surface area contributed by atoms with E-state index in [9.17, 15) is 10.2 Å². The van der Waals surface area contributed by atoms with Crippen molar-refractivity contribution in [1.82, 2.24) is 0 Å². The van der Waals surface area contributed by atoms with E-state index in [4.69, 9.17) is 52.1 Å². The lowest BCUT2D eigenvalue weighted by Gasteiger charge is -2.46. The smallest absolute Gasteiger partial charge is 0.161 e. The number of rotatable bonds is 10. The molecule has 2 N–H and O–H groups in total. The molecule has 4 saturated heterocycles. The van der Waals surface area contributed by atoms with E-state index in [1.165, 1.54) is 0 Å². The molecule has 4 fully saturated rings. The Kier molecular flexibility index (Phi) is 12.2. The molecule has 0 aromatic carbocycles. The Labute approximate surface area is 242 Å². The van der Waals surface area contributed by atoms with Crippen LogP contribution in [0.15, 0.2) is 0 Å². The Balaban J connectivity index is 1.33. The van der Waals surface area contributed by atoms with Gasteiger partial charge in [-0.2, -0.15) is 0 Å². The van der Waals surface area contributed by atoms with Gasteiger partial charge in [-0.3, -0.25) is 0 Å². The van der Waals surface area contributed by atoms with E-state index in [2.05, 4.69) is 0 Å². The Hall–Kier alpha value is -0.520. The summed E-state index contributed by atoms with van der Waals surface area (Å²) in [4.78, 5) is 0. The highest BCUT2D eigenvalue weighted by atomic mass is 16.8. The van der Waals surface area contributed by atoms with Gasteiger partial charge >= 0.3 is 0 Å². The van der Waals surface area contributed by atoms with E-state index in [1.807, 2.05) is 20.8 Å². The molecule has 0 bridgehead atoms. The SMILES string of the molecule is CO[C@H]1C[C@@H](O[C@@H]2[C@@H](C)O[C@@H](O[C@H]3[C@@H](OC)C[C@H](O[C@H]4[C@@H](OC)CC(O)O[C@@H]4C)O[C@@H]3C)C[C@H]2OC)O[C@H](C)[C@H]1O. The van der Waals surface area contributed by atoms with Crippen molar-refractivity contribution in [2.45, 2.75) is 152 Å². The predicted molar refractivity (Wildman–Crippen MR) is 142 cm³/mol. The second-order valence-corrected chi connectivity index (χ2v) is 11.4. The van der Waals surface area contributed by atoms with Crippen LogP contribution in [0.5, 0.6) is 0 Å². The normalized spacial score (nSPS) is 49.6. The molecule has 4 heterocycles. The molecule has 4 aliphatic heterocycles. The first-order chi connectivity index (χ1) is 19.6. The molecular weight excluding hydrogens is 544 g/mol. The number of methoxy groups -OCH3 is 4. The third-order valence-electron chi connectivity index (χ3n) is 8.67. The summed E-state index contributed by atoms with van der Waals surface area (Å²) in [6.07, 6.45) is -5.86. The maximum Gasteiger partial charge on any atom is 0.161 e. The number of aliphatic hydroxyl groups excluding tert-OH is 2. The van der Waals surface area contributed by atoms with Crippen molar-refractivity contribution in [3.05, 3.63) is 0 Å². The lowest BCUT2D eigenvalue weighted by atomic mass is 9.98. The highest BCUT2D eigenvalue weighted by Crippen LogP contribution is 2.35. The van der Waals surface area contributed by atoms with Crippen molar-refractivity contribution in [2.24, 2.45) is 0 Å². The molecule has 240 valence electrons. The highest BCUT2D eigenvalue weighted by Gasteiger charge is 2.47. The Bertz CT molecular complexity index is 790. The van der Waals surface area contributed by atoms with Gasteiger partial charge in [-0.25, -0.2) is 0 Å². The quantitative estimate of drug-likeness (QED) is 0.373. The third kappa shape index (κ3) is 7.96. The standard InChI is InChI=1S/C28H50O13/c1-13-25(30)17(31-5)10-22(36-13)39-27-15(3)38-24(12-19(27)33-7)41-28-16(4)37-23(11-20(28)34-8)40-26-14(2)35-21(29)9-18(26)32-6/h13-30H,9-12H2,1-8H3/t13-,14-,15-,16-,17+,18+,19-,20+,21?,22-,23+,24+,25-,26-,27-,28-/m1/s1. The zero-order valence-electron chi connectivity index (χ0n) is 25.5. The average Bonchev–Trinajstić information content (AvgIpc) is 2.94. The van der Waals surface area contributed by atoms with E-state index in [0.29, 0.717) is 25.7 Å². The number of ether oxygens (including phenoxy) is 11. The van der Waals surface area contributed by atoms with Crippen molar-refractivity contribution in [3.8, 4) is 0 Å². The van der Waals surface area contributed by atoms with Gasteiger partial charge in [-0.1, -0.05) is 0 Å². The fourth-order valence-corrected chi connectivity index (χ4v) is 6.33. The summed E-state index contributed by atoms with van der Waals surface area (Å²) in [6.45, 7) is 7.47. The predicted octanol–water partition coefficient (Wildman–Crippen LogP) is 1.09. The van der Waals surface area contributed by atoms with Gasteiger partial charge in [0.1, 0.15) is 24.4 Å². The van der Waals surface area contributed by atoms with E-state index < -0.39 is 55.7 Å². The van der Waals surface area contributed by atoms with Crippen molar-refractivity contribution < 1.29 is 62.3 Å².